The van der Waals surface area contributed by atoms with Crippen LogP contribution >= 0.6 is 22.9 Å². The Morgan fingerprint density at radius 3 is 2.61 bits per heavy atom. The maximum atomic E-state index is 11.4. The summed E-state index contributed by atoms with van der Waals surface area (Å²) in [7, 11) is 1.60. The van der Waals surface area contributed by atoms with E-state index in [9.17, 15) is 4.79 Å². The minimum atomic E-state index is -0.206. The fourth-order valence-corrected chi connectivity index (χ4v) is 3.67. The van der Waals surface area contributed by atoms with Crippen LogP contribution in [-0.4, -0.2) is 18.0 Å². The van der Waals surface area contributed by atoms with Crippen molar-refractivity contribution >= 4 is 28.8 Å². The summed E-state index contributed by atoms with van der Waals surface area (Å²) in [5.41, 5.74) is 1.79. The highest BCUT2D eigenvalue weighted by Crippen LogP contribution is 2.37. The van der Waals surface area contributed by atoms with Crippen molar-refractivity contribution in [3.8, 4) is 27.1 Å². The number of benzene rings is 2. The van der Waals surface area contributed by atoms with Crippen LogP contribution < -0.4 is 14.8 Å². The molecule has 7 heteroatoms. The molecule has 5 nitrogen and oxygen atoms in total. The summed E-state index contributed by atoms with van der Waals surface area (Å²) in [5, 5.41) is 4.81. The van der Waals surface area contributed by atoms with E-state index in [-0.39, 0.29) is 11.9 Å². The van der Waals surface area contributed by atoms with Crippen LogP contribution in [0.4, 0.5) is 0 Å². The molecule has 0 saturated carbocycles. The number of rotatable bonds is 7. The Kier molecular flexibility index (Phi) is 6.34. The highest BCUT2D eigenvalue weighted by atomic mass is 35.5. The summed E-state index contributed by atoms with van der Waals surface area (Å²) in [6.07, 6.45) is 2.92. The van der Waals surface area contributed by atoms with Crippen molar-refractivity contribution in [3.63, 3.8) is 0 Å². The number of halogens is 1. The number of nitrogens with one attached hydrogen (secondary N) is 1. The molecule has 1 amide bonds. The van der Waals surface area contributed by atoms with Gasteiger partial charge in [0.15, 0.2) is 0 Å². The van der Waals surface area contributed by atoms with E-state index in [0.29, 0.717) is 21.6 Å². The largest absolute Gasteiger partial charge is 0.497 e. The smallest absolute Gasteiger partial charge is 0.243 e. The minimum absolute atomic E-state index is 0.119. The van der Waals surface area contributed by atoms with Crippen LogP contribution in [0.5, 0.6) is 16.6 Å². The van der Waals surface area contributed by atoms with Crippen LogP contribution in [0.25, 0.3) is 10.6 Å². The SMILES string of the molecule is C=CC(=O)NC(C)c1ccc(Oc2cnc(-c3ccc(OC)cc3Cl)s2)cc1. The van der Waals surface area contributed by atoms with E-state index in [1.807, 2.05) is 43.3 Å². The summed E-state index contributed by atoms with van der Waals surface area (Å²) in [6, 6.07) is 12.9. The second-order valence-electron chi connectivity index (χ2n) is 5.94. The lowest BCUT2D eigenvalue weighted by Crippen LogP contribution is -2.24. The van der Waals surface area contributed by atoms with Gasteiger partial charge in [0, 0.05) is 5.56 Å². The molecule has 0 saturated heterocycles. The van der Waals surface area contributed by atoms with Gasteiger partial charge in [-0.2, -0.15) is 0 Å². The van der Waals surface area contributed by atoms with Gasteiger partial charge in [0.25, 0.3) is 0 Å². The zero-order valence-corrected chi connectivity index (χ0v) is 17.0. The summed E-state index contributed by atoms with van der Waals surface area (Å²) >= 11 is 7.72. The lowest BCUT2D eigenvalue weighted by atomic mass is 10.1. The van der Waals surface area contributed by atoms with Crippen molar-refractivity contribution in [3.05, 3.63) is 71.9 Å². The van der Waals surface area contributed by atoms with Gasteiger partial charge >= 0.3 is 0 Å². The molecule has 1 atom stereocenters. The zero-order valence-electron chi connectivity index (χ0n) is 15.4. The quantitative estimate of drug-likeness (QED) is 0.509. The average Bonchev–Trinajstić information content (AvgIpc) is 3.16. The molecule has 0 aliphatic rings. The van der Waals surface area contributed by atoms with E-state index in [1.165, 1.54) is 17.4 Å². The molecule has 1 heterocycles. The van der Waals surface area contributed by atoms with Crippen LogP contribution in [0.2, 0.25) is 5.02 Å². The van der Waals surface area contributed by atoms with Gasteiger partial charge in [0.05, 0.1) is 24.4 Å². The molecular weight excluding hydrogens is 396 g/mol. The number of ether oxygens (including phenoxy) is 2. The molecule has 1 unspecified atom stereocenters. The third-order valence-corrected chi connectivity index (χ3v) is 5.26. The van der Waals surface area contributed by atoms with Crippen LogP contribution in [0.15, 0.2) is 61.3 Å². The van der Waals surface area contributed by atoms with E-state index in [0.717, 1.165) is 16.1 Å². The Balaban J connectivity index is 1.70. The molecule has 28 heavy (non-hydrogen) atoms. The first-order valence-corrected chi connectivity index (χ1v) is 9.70. The monoisotopic (exact) mass is 414 g/mol. The number of amides is 1. The molecule has 144 valence electrons. The number of carbonyl (C=O) groups excluding carboxylic acids is 1. The second kappa shape index (κ2) is 8.91. The third kappa shape index (κ3) is 4.71. The van der Waals surface area contributed by atoms with Crippen molar-refractivity contribution in [1.82, 2.24) is 10.3 Å². The number of methoxy groups -OCH3 is 1. The van der Waals surface area contributed by atoms with Gasteiger partial charge in [-0.15, -0.1) is 0 Å². The highest BCUT2D eigenvalue weighted by Gasteiger charge is 2.12. The van der Waals surface area contributed by atoms with Gasteiger partial charge in [-0.1, -0.05) is 41.6 Å². The molecule has 1 N–H and O–H groups in total. The number of aromatic nitrogens is 1. The van der Waals surface area contributed by atoms with Crippen LogP contribution in [0.1, 0.15) is 18.5 Å². The van der Waals surface area contributed by atoms with E-state index >= 15 is 0 Å². The van der Waals surface area contributed by atoms with Gasteiger partial charge in [-0.3, -0.25) is 4.79 Å². The van der Waals surface area contributed by atoms with E-state index in [1.54, 1.807) is 19.4 Å². The lowest BCUT2D eigenvalue weighted by Gasteiger charge is -2.13. The van der Waals surface area contributed by atoms with E-state index in [2.05, 4.69) is 16.9 Å². The van der Waals surface area contributed by atoms with E-state index < -0.39 is 0 Å². The Hall–Kier alpha value is -2.83. The fraction of sp³-hybridized carbons (Fsp3) is 0.143. The summed E-state index contributed by atoms with van der Waals surface area (Å²) in [6.45, 7) is 5.36. The predicted molar refractivity (Wildman–Crippen MR) is 112 cm³/mol. The normalized spacial score (nSPS) is 11.5. The average molecular weight is 415 g/mol. The summed E-state index contributed by atoms with van der Waals surface area (Å²) < 4.78 is 11.1. The Morgan fingerprint density at radius 2 is 1.96 bits per heavy atom. The minimum Gasteiger partial charge on any atom is -0.497 e. The molecular formula is C21H19ClN2O3S. The summed E-state index contributed by atoms with van der Waals surface area (Å²) in [5.74, 6) is 1.17. The van der Waals surface area contributed by atoms with Crippen molar-refractivity contribution in [2.75, 3.05) is 7.11 Å². The zero-order chi connectivity index (χ0) is 20.1. The third-order valence-electron chi connectivity index (χ3n) is 4.03. The molecule has 0 aliphatic heterocycles. The molecule has 3 rings (SSSR count). The maximum absolute atomic E-state index is 11.4. The Bertz CT molecular complexity index is 986. The van der Waals surface area contributed by atoms with Crippen molar-refractivity contribution < 1.29 is 14.3 Å². The molecule has 3 aromatic rings. The van der Waals surface area contributed by atoms with Crippen LogP contribution in [0.3, 0.4) is 0 Å². The number of nitrogens with zero attached hydrogens (tertiary/aromatic N) is 1. The summed E-state index contributed by atoms with van der Waals surface area (Å²) in [4.78, 5) is 15.8. The van der Waals surface area contributed by atoms with Gasteiger partial charge in [0.1, 0.15) is 16.5 Å². The molecule has 0 bridgehead atoms. The first-order valence-electron chi connectivity index (χ1n) is 8.50. The molecule has 0 spiro atoms. The van der Waals surface area contributed by atoms with E-state index in [4.69, 9.17) is 21.1 Å². The van der Waals surface area contributed by atoms with Gasteiger partial charge in [-0.05, 0) is 48.9 Å². The Labute approximate surface area is 172 Å². The number of hydrogen-bond donors (Lipinski definition) is 1. The topological polar surface area (TPSA) is 60.5 Å². The highest BCUT2D eigenvalue weighted by molar-refractivity contribution is 7.16. The van der Waals surface area contributed by atoms with Crippen LogP contribution in [-0.2, 0) is 4.79 Å². The molecule has 0 radical (unpaired) electrons. The Morgan fingerprint density at radius 1 is 1.25 bits per heavy atom. The predicted octanol–water partition coefficient (Wildman–Crippen LogP) is 5.63. The molecule has 0 aliphatic carbocycles. The first-order chi connectivity index (χ1) is 13.5. The van der Waals surface area contributed by atoms with Gasteiger partial charge in [-0.25, -0.2) is 4.98 Å². The van der Waals surface area contributed by atoms with Crippen molar-refractivity contribution in [2.24, 2.45) is 0 Å². The number of hydrogen-bond acceptors (Lipinski definition) is 5. The number of thiazole rings is 1. The first kappa shape index (κ1) is 19.9. The number of carbonyl (C=O) groups is 1. The maximum Gasteiger partial charge on any atom is 0.243 e. The molecule has 0 fully saturated rings. The second-order valence-corrected chi connectivity index (χ2v) is 7.34. The molecule has 1 aromatic heterocycles. The molecule has 2 aromatic carbocycles. The lowest BCUT2D eigenvalue weighted by molar-refractivity contribution is -0.117. The van der Waals surface area contributed by atoms with Crippen LogP contribution in [0, 0.1) is 0 Å². The fourth-order valence-electron chi connectivity index (χ4n) is 2.52. The van der Waals surface area contributed by atoms with Crippen molar-refractivity contribution in [1.29, 1.82) is 0 Å². The van der Waals surface area contributed by atoms with Crippen molar-refractivity contribution in [2.45, 2.75) is 13.0 Å². The van der Waals surface area contributed by atoms with Gasteiger partial charge < -0.3 is 14.8 Å². The standard InChI is InChI=1S/C21H19ClN2O3S/c1-4-19(25)24-13(2)14-5-7-15(8-6-14)27-20-12-23-21(28-20)17-10-9-16(26-3)11-18(17)22/h4-13H,1H2,2-3H3,(H,24,25). The van der Waals surface area contributed by atoms with Gasteiger partial charge in [0.2, 0.25) is 11.0 Å².